The Morgan fingerprint density at radius 1 is 0.929 bits per heavy atom. The number of benzene rings is 2. The number of nitrogens with one attached hydrogen (secondary N) is 2. The van der Waals surface area contributed by atoms with E-state index in [2.05, 4.69) is 10.6 Å². The molecule has 1 aliphatic rings. The number of hydrogen-bond acceptors (Lipinski definition) is 7. The predicted molar refractivity (Wildman–Crippen MR) is 101 cm³/mol. The Morgan fingerprint density at radius 2 is 1.43 bits per heavy atom. The largest absolute Gasteiger partial charge is 0.369 e. The SMILES string of the molecule is CC(=O)C1=C(C)N[C@@H](c2ccccc2[N+](=O)[O-])N[C@@H]1c1ccccc1[N+](=O)[O-]. The van der Waals surface area contributed by atoms with Crippen molar-refractivity contribution in [3.05, 3.63) is 91.2 Å². The number of allylic oxidation sites excluding steroid dienone is 1. The van der Waals surface area contributed by atoms with Gasteiger partial charge in [0.2, 0.25) is 0 Å². The number of carbonyl (C=O) groups is 1. The molecular weight excluding hydrogens is 364 g/mol. The van der Waals surface area contributed by atoms with E-state index in [9.17, 15) is 25.0 Å². The van der Waals surface area contributed by atoms with Gasteiger partial charge in [-0.2, -0.15) is 0 Å². The average Bonchev–Trinajstić information content (AvgIpc) is 2.66. The van der Waals surface area contributed by atoms with E-state index in [1.807, 2.05) is 0 Å². The quantitative estimate of drug-likeness (QED) is 0.600. The number of hydrogen-bond donors (Lipinski definition) is 2. The van der Waals surface area contributed by atoms with E-state index in [1.165, 1.54) is 19.1 Å². The lowest BCUT2D eigenvalue weighted by Gasteiger charge is -2.35. The molecule has 1 aliphatic heterocycles. The topological polar surface area (TPSA) is 127 Å². The Kier molecular flexibility index (Phi) is 5.18. The first-order valence-electron chi connectivity index (χ1n) is 8.52. The summed E-state index contributed by atoms with van der Waals surface area (Å²) in [6.45, 7) is 3.07. The molecule has 3 rings (SSSR count). The molecule has 0 radical (unpaired) electrons. The van der Waals surface area contributed by atoms with Crippen LogP contribution in [-0.4, -0.2) is 15.6 Å². The van der Waals surface area contributed by atoms with Gasteiger partial charge in [0, 0.05) is 23.4 Å². The van der Waals surface area contributed by atoms with Gasteiger partial charge in [0.15, 0.2) is 5.78 Å². The van der Waals surface area contributed by atoms with E-state index < -0.39 is 22.1 Å². The third-order valence-electron chi connectivity index (χ3n) is 4.66. The molecule has 0 saturated heterocycles. The van der Waals surface area contributed by atoms with E-state index in [1.54, 1.807) is 43.3 Å². The maximum Gasteiger partial charge on any atom is 0.276 e. The van der Waals surface area contributed by atoms with Crippen molar-refractivity contribution in [3.8, 4) is 0 Å². The second-order valence-corrected chi connectivity index (χ2v) is 6.40. The molecule has 0 bridgehead atoms. The Labute approximate surface area is 160 Å². The number of Topliss-reactive ketones (excluding diaryl/α,β-unsaturated/α-hetero) is 1. The van der Waals surface area contributed by atoms with E-state index in [0.717, 1.165) is 0 Å². The van der Waals surface area contributed by atoms with E-state index in [0.29, 0.717) is 22.4 Å². The van der Waals surface area contributed by atoms with E-state index in [4.69, 9.17) is 0 Å². The maximum atomic E-state index is 12.3. The van der Waals surface area contributed by atoms with Crippen molar-refractivity contribution in [3.63, 3.8) is 0 Å². The lowest BCUT2D eigenvalue weighted by atomic mass is 9.90. The predicted octanol–water partition coefficient (Wildman–Crippen LogP) is 3.30. The number of nitrogens with zero attached hydrogens (tertiary/aromatic N) is 2. The van der Waals surface area contributed by atoms with Gasteiger partial charge in [-0.25, -0.2) is 0 Å². The first-order chi connectivity index (χ1) is 13.3. The summed E-state index contributed by atoms with van der Waals surface area (Å²) < 4.78 is 0. The molecule has 0 unspecified atom stereocenters. The van der Waals surface area contributed by atoms with Crippen LogP contribution in [0.3, 0.4) is 0 Å². The van der Waals surface area contributed by atoms with Gasteiger partial charge in [0.25, 0.3) is 11.4 Å². The van der Waals surface area contributed by atoms with Crippen LogP contribution in [0.25, 0.3) is 0 Å². The molecule has 9 heteroatoms. The van der Waals surface area contributed by atoms with Crippen molar-refractivity contribution >= 4 is 17.2 Å². The lowest BCUT2D eigenvalue weighted by Crippen LogP contribution is -2.43. The second kappa shape index (κ2) is 7.57. The fraction of sp³-hybridized carbons (Fsp3) is 0.211. The molecule has 2 aromatic rings. The minimum atomic E-state index is -0.787. The molecule has 9 nitrogen and oxygen atoms in total. The normalized spacial score (nSPS) is 19.1. The number of rotatable bonds is 5. The maximum absolute atomic E-state index is 12.3. The molecule has 0 spiro atoms. The van der Waals surface area contributed by atoms with Crippen molar-refractivity contribution in [2.75, 3.05) is 0 Å². The van der Waals surface area contributed by atoms with Gasteiger partial charge in [-0.1, -0.05) is 30.3 Å². The highest BCUT2D eigenvalue weighted by molar-refractivity contribution is 5.95. The molecule has 0 amide bonds. The summed E-state index contributed by atoms with van der Waals surface area (Å²) in [5.41, 5.74) is 1.34. The summed E-state index contributed by atoms with van der Waals surface area (Å²) in [4.78, 5) is 34.2. The molecule has 0 aliphatic carbocycles. The molecule has 2 atom stereocenters. The number of ketones is 1. The van der Waals surface area contributed by atoms with Crippen molar-refractivity contribution in [2.24, 2.45) is 0 Å². The Bertz CT molecular complexity index is 1000. The summed E-state index contributed by atoms with van der Waals surface area (Å²) in [5.74, 6) is -0.248. The van der Waals surface area contributed by atoms with Crippen molar-refractivity contribution in [1.29, 1.82) is 0 Å². The van der Waals surface area contributed by atoms with Gasteiger partial charge in [-0.05, 0) is 19.9 Å². The molecule has 144 valence electrons. The molecule has 2 aromatic carbocycles. The Balaban J connectivity index is 2.15. The highest BCUT2D eigenvalue weighted by Gasteiger charge is 2.36. The van der Waals surface area contributed by atoms with Crippen molar-refractivity contribution < 1.29 is 14.6 Å². The van der Waals surface area contributed by atoms with Crippen molar-refractivity contribution in [1.82, 2.24) is 10.6 Å². The first kappa shape index (κ1) is 19.2. The van der Waals surface area contributed by atoms with Gasteiger partial charge < -0.3 is 5.32 Å². The van der Waals surface area contributed by atoms with Gasteiger partial charge >= 0.3 is 0 Å². The summed E-state index contributed by atoms with van der Waals surface area (Å²) in [6, 6.07) is 11.6. The number of nitro benzene ring substituents is 2. The monoisotopic (exact) mass is 382 g/mol. The van der Waals surface area contributed by atoms with E-state index in [-0.39, 0.29) is 17.2 Å². The minimum Gasteiger partial charge on any atom is -0.369 e. The Hall–Kier alpha value is -3.59. The van der Waals surface area contributed by atoms with Crippen LogP contribution < -0.4 is 10.6 Å². The van der Waals surface area contributed by atoms with Crippen LogP contribution in [-0.2, 0) is 4.79 Å². The lowest BCUT2D eigenvalue weighted by molar-refractivity contribution is -0.386. The number of carbonyl (C=O) groups excluding carboxylic acids is 1. The minimum absolute atomic E-state index is 0.0899. The summed E-state index contributed by atoms with van der Waals surface area (Å²) in [7, 11) is 0. The summed E-state index contributed by atoms with van der Waals surface area (Å²) >= 11 is 0. The summed E-state index contributed by atoms with van der Waals surface area (Å²) in [6.07, 6.45) is -0.700. The molecular formula is C19H18N4O5. The second-order valence-electron chi connectivity index (χ2n) is 6.40. The first-order valence-corrected chi connectivity index (χ1v) is 8.52. The van der Waals surface area contributed by atoms with Crippen LogP contribution in [0, 0.1) is 20.2 Å². The molecule has 28 heavy (non-hydrogen) atoms. The molecule has 0 saturated carbocycles. The van der Waals surface area contributed by atoms with Gasteiger partial charge in [-0.3, -0.25) is 30.3 Å². The Morgan fingerprint density at radius 3 is 1.96 bits per heavy atom. The van der Waals surface area contributed by atoms with E-state index >= 15 is 0 Å². The van der Waals surface area contributed by atoms with Crippen LogP contribution in [0.5, 0.6) is 0 Å². The molecule has 0 aromatic heterocycles. The third kappa shape index (κ3) is 3.47. The standard InChI is InChI=1S/C19H18N4O5/c1-11-17(12(2)24)18(13-7-3-5-9-15(13)22(25)26)21-19(20-11)14-8-4-6-10-16(14)23(27)28/h3-10,18-21H,1-2H3/t18-,19-/m1/s1. The average molecular weight is 382 g/mol. The van der Waals surface area contributed by atoms with Gasteiger partial charge in [0.1, 0.15) is 6.17 Å². The van der Waals surface area contributed by atoms with Gasteiger partial charge in [0.05, 0.1) is 27.0 Å². The fourth-order valence-corrected chi connectivity index (χ4v) is 3.48. The van der Waals surface area contributed by atoms with Crippen LogP contribution in [0.2, 0.25) is 0 Å². The zero-order chi connectivity index (χ0) is 20.4. The highest BCUT2D eigenvalue weighted by atomic mass is 16.6. The molecule has 2 N–H and O–H groups in total. The summed E-state index contributed by atoms with van der Waals surface area (Å²) in [5, 5.41) is 29.1. The zero-order valence-corrected chi connectivity index (χ0v) is 15.2. The third-order valence-corrected chi connectivity index (χ3v) is 4.66. The zero-order valence-electron chi connectivity index (χ0n) is 15.2. The fourth-order valence-electron chi connectivity index (χ4n) is 3.48. The number of nitro groups is 2. The highest BCUT2D eigenvalue weighted by Crippen LogP contribution is 2.37. The van der Waals surface area contributed by atoms with Crippen LogP contribution >= 0.6 is 0 Å². The van der Waals surface area contributed by atoms with Crippen LogP contribution in [0.4, 0.5) is 11.4 Å². The number of para-hydroxylation sites is 2. The van der Waals surface area contributed by atoms with Gasteiger partial charge in [-0.15, -0.1) is 0 Å². The molecule has 0 fully saturated rings. The van der Waals surface area contributed by atoms with Crippen LogP contribution in [0.1, 0.15) is 37.2 Å². The van der Waals surface area contributed by atoms with Crippen LogP contribution in [0.15, 0.2) is 59.8 Å². The van der Waals surface area contributed by atoms with Crippen molar-refractivity contribution in [2.45, 2.75) is 26.1 Å². The smallest absolute Gasteiger partial charge is 0.276 e. The molecule has 1 heterocycles.